The van der Waals surface area contributed by atoms with Crippen LogP contribution in [0, 0.1) is 0 Å². The van der Waals surface area contributed by atoms with Crippen molar-refractivity contribution < 1.29 is 4.79 Å². The van der Waals surface area contributed by atoms with Crippen LogP contribution in [0.5, 0.6) is 0 Å². The second-order valence-corrected chi connectivity index (χ2v) is 5.75. The summed E-state index contributed by atoms with van der Waals surface area (Å²) >= 11 is 0. The minimum atomic E-state index is -0.0960. The first-order chi connectivity index (χ1) is 11.7. The first-order valence-electron chi connectivity index (χ1n) is 8.07. The molecule has 1 unspecified atom stereocenters. The third kappa shape index (κ3) is 4.10. The van der Waals surface area contributed by atoms with E-state index >= 15 is 0 Å². The summed E-state index contributed by atoms with van der Waals surface area (Å²) in [6.45, 7) is 3.42. The highest BCUT2D eigenvalue weighted by atomic mass is 16.1. The van der Waals surface area contributed by atoms with Gasteiger partial charge in [-0.15, -0.1) is 0 Å². The third-order valence-corrected chi connectivity index (χ3v) is 3.90. The summed E-state index contributed by atoms with van der Waals surface area (Å²) in [6, 6.07) is 10.1. The van der Waals surface area contributed by atoms with E-state index < -0.39 is 0 Å². The number of amides is 1. The van der Waals surface area contributed by atoms with E-state index in [1.54, 1.807) is 29.6 Å². The molecule has 6 heteroatoms. The lowest BCUT2D eigenvalue weighted by Gasteiger charge is -2.16. The van der Waals surface area contributed by atoms with E-state index in [-0.39, 0.29) is 11.9 Å². The zero-order valence-corrected chi connectivity index (χ0v) is 13.7. The van der Waals surface area contributed by atoms with Crippen molar-refractivity contribution in [3.05, 3.63) is 72.6 Å². The van der Waals surface area contributed by atoms with Crippen LogP contribution in [0.15, 0.2) is 61.4 Å². The first kappa shape index (κ1) is 16.0. The molecule has 1 N–H and O–H groups in total. The lowest BCUT2D eigenvalue weighted by atomic mass is 10.2. The Hall–Kier alpha value is -2.89. The summed E-state index contributed by atoms with van der Waals surface area (Å²) in [5, 5.41) is 7.34. The Kier molecular flexibility index (Phi) is 5.05. The average Bonchev–Trinajstić information content (AvgIpc) is 3.27. The Balaban J connectivity index is 1.60. The van der Waals surface area contributed by atoms with Crippen molar-refractivity contribution in [1.82, 2.24) is 24.6 Å². The molecule has 2 heterocycles. The minimum Gasteiger partial charge on any atom is -0.347 e. The van der Waals surface area contributed by atoms with Crippen LogP contribution in [0.25, 0.3) is 0 Å². The van der Waals surface area contributed by atoms with E-state index in [9.17, 15) is 4.79 Å². The molecule has 0 bridgehead atoms. The van der Waals surface area contributed by atoms with Crippen molar-refractivity contribution in [2.45, 2.75) is 32.5 Å². The lowest BCUT2D eigenvalue weighted by Crippen LogP contribution is -2.37. The lowest BCUT2D eigenvalue weighted by molar-refractivity contribution is 0.0932. The molecule has 1 amide bonds. The van der Waals surface area contributed by atoms with Crippen LogP contribution in [0.4, 0.5) is 0 Å². The number of carbonyl (C=O) groups is 1. The molecule has 3 aromatic rings. The Morgan fingerprint density at radius 3 is 2.83 bits per heavy atom. The molecule has 1 aromatic carbocycles. The molecule has 2 aromatic heterocycles. The fraction of sp³-hybridized carbons (Fsp3) is 0.278. The smallest absolute Gasteiger partial charge is 0.254 e. The molecule has 0 saturated heterocycles. The van der Waals surface area contributed by atoms with Gasteiger partial charge >= 0.3 is 0 Å². The van der Waals surface area contributed by atoms with Gasteiger partial charge in [-0.3, -0.25) is 9.48 Å². The van der Waals surface area contributed by atoms with Gasteiger partial charge in [-0.1, -0.05) is 37.3 Å². The maximum absolute atomic E-state index is 12.4. The van der Waals surface area contributed by atoms with Crippen molar-refractivity contribution in [1.29, 1.82) is 0 Å². The quantitative estimate of drug-likeness (QED) is 0.726. The molecule has 24 heavy (non-hydrogen) atoms. The number of aromatic nitrogens is 4. The highest BCUT2D eigenvalue weighted by Gasteiger charge is 2.14. The zero-order chi connectivity index (χ0) is 16.8. The van der Waals surface area contributed by atoms with Crippen LogP contribution in [0.3, 0.4) is 0 Å². The molecule has 0 radical (unpaired) electrons. The molecule has 0 fully saturated rings. The summed E-state index contributed by atoms with van der Waals surface area (Å²) in [7, 11) is 0. The number of imidazole rings is 1. The second-order valence-electron chi connectivity index (χ2n) is 5.75. The number of nitrogens with one attached hydrogen (secondary N) is 1. The van der Waals surface area contributed by atoms with Gasteiger partial charge in [0.25, 0.3) is 5.91 Å². The SMILES string of the molecule is CCC(Cn1ccnc1)NC(=O)c1cnn(Cc2ccccc2)c1. The molecule has 0 aliphatic rings. The number of carbonyl (C=O) groups excluding carboxylic acids is 1. The monoisotopic (exact) mass is 323 g/mol. The van der Waals surface area contributed by atoms with Crippen LogP contribution in [0.1, 0.15) is 29.3 Å². The van der Waals surface area contributed by atoms with Crippen LogP contribution in [0.2, 0.25) is 0 Å². The average molecular weight is 323 g/mol. The maximum Gasteiger partial charge on any atom is 0.254 e. The Bertz CT molecular complexity index is 764. The number of benzene rings is 1. The van der Waals surface area contributed by atoms with Gasteiger partial charge in [-0.2, -0.15) is 5.10 Å². The third-order valence-electron chi connectivity index (χ3n) is 3.90. The summed E-state index contributed by atoms with van der Waals surface area (Å²) < 4.78 is 3.74. The number of hydrogen-bond acceptors (Lipinski definition) is 3. The van der Waals surface area contributed by atoms with Crippen LogP contribution < -0.4 is 5.32 Å². The highest BCUT2D eigenvalue weighted by molar-refractivity contribution is 5.93. The van der Waals surface area contributed by atoms with Gasteiger partial charge in [-0.05, 0) is 12.0 Å². The molecule has 0 spiro atoms. The predicted octanol–water partition coefficient (Wildman–Crippen LogP) is 2.34. The topological polar surface area (TPSA) is 64.7 Å². The number of hydrogen-bond donors (Lipinski definition) is 1. The number of rotatable bonds is 7. The standard InChI is InChI=1S/C18H21N5O/c1-2-17(13-22-9-8-19-14-22)21-18(24)16-10-20-23(12-16)11-15-6-4-3-5-7-15/h3-10,12,14,17H,2,11,13H2,1H3,(H,21,24). The van der Waals surface area contributed by atoms with Gasteiger partial charge in [0, 0.05) is 31.2 Å². The van der Waals surface area contributed by atoms with Crippen molar-refractivity contribution >= 4 is 5.91 Å². The maximum atomic E-state index is 12.4. The van der Waals surface area contributed by atoms with Gasteiger partial charge in [0.05, 0.1) is 24.6 Å². The van der Waals surface area contributed by atoms with Gasteiger partial charge in [0.2, 0.25) is 0 Å². The van der Waals surface area contributed by atoms with Crippen LogP contribution in [-0.2, 0) is 13.1 Å². The van der Waals surface area contributed by atoms with Crippen LogP contribution in [-0.4, -0.2) is 31.3 Å². The zero-order valence-electron chi connectivity index (χ0n) is 13.7. The molecule has 6 nitrogen and oxygen atoms in total. The molecule has 0 saturated carbocycles. The molecule has 1 atom stereocenters. The van der Waals surface area contributed by atoms with E-state index in [1.165, 1.54) is 0 Å². The number of nitrogens with zero attached hydrogens (tertiary/aromatic N) is 4. The highest BCUT2D eigenvalue weighted by Crippen LogP contribution is 2.05. The van der Waals surface area contributed by atoms with Crippen molar-refractivity contribution in [2.24, 2.45) is 0 Å². The summed E-state index contributed by atoms with van der Waals surface area (Å²) in [6.07, 6.45) is 9.64. The van der Waals surface area contributed by atoms with Gasteiger partial charge in [-0.25, -0.2) is 4.98 Å². The summed E-state index contributed by atoms with van der Waals surface area (Å²) in [4.78, 5) is 16.4. The first-order valence-corrected chi connectivity index (χ1v) is 8.07. The molecular weight excluding hydrogens is 302 g/mol. The summed E-state index contributed by atoms with van der Waals surface area (Å²) in [5.74, 6) is -0.0960. The van der Waals surface area contributed by atoms with E-state index in [4.69, 9.17) is 0 Å². The van der Waals surface area contributed by atoms with E-state index in [2.05, 4.69) is 22.3 Å². The molecule has 0 aliphatic carbocycles. The van der Waals surface area contributed by atoms with E-state index in [0.29, 0.717) is 18.7 Å². The van der Waals surface area contributed by atoms with Gasteiger partial charge in [0.1, 0.15) is 0 Å². The fourth-order valence-electron chi connectivity index (χ4n) is 2.53. The Labute approximate surface area is 141 Å². The molecule has 124 valence electrons. The van der Waals surface area contributed by atoms with Gasteiger partial charge < -0.3 is 9.88 Å². The molecule has 3 rings (SSSR count). The van der Waals surface area contributed by atoms with E-state index in [1.807, 2.05) is 41.1 Å². The molecule has 0 aliphatic heterocycles. The second kappa shape index (κ2) is 7.59. The Morgan fingerprint density at radius 2 is 2.12 bits per heavy atom. The van der Waals surface area contributed by atoms with Crippen LogP contribution >= 0.6 is 0 Å². The van der Waals surface area contributed by atoms with Crippen molar-refractivity contribution in [3.8, 4) is 0 Å². The Morgan fingerprint density at radius 1 is 1.29 bits per heavy atom. The van der Waals surface area contributed by atoms with Gasteiger partial charge in [0.15, 0.2) is 0 Å². The minimum absolute atomic E-state index is 0.0594. The normalized spacial score (nSPS) is 12.0. The predicted molar refractivity (Wildman–Crippen MR) is 91.5 cm³/mol. The van der Waals surface area contributed by atoms with E-state index in [0.717, 1.165) is 12.0 Å². The largest absolute Gasteiger partial charge is 0.347 e. The van der Waals surface area contributed by atoms with Crippen molar-refractivity contribution in [2.75, 3.05) is 0 Å². The summed E-state index contributed by atoms with van der Waals surface area (Å²) in [5.41, 5.74) is 1.73. The van der Waals surface area contributed by atoms with Crippen molar-refractivity contribution in [3.63, 3.8) is 0 Å². The fourth-order valence-corrected chi connectivity index (χ4v) is 2.53. The molecular formula is C18H21N5O.